The van der Waals surface area contributed by atoms with E-state index < -0.39 is 0 Å². The summed E-state index contributed by atoms with van der Waals surface area (Å²) in [6, 6.07) is 0. The Bertz CT molecular complexity index is 284. The van der Waals surface area contributed by atoms with Gasteiger partial charge in [0.2, 0.25) is 0 Å². The number of thiazole rings is 1. The fourth-order valence-corrected chi connectivity index (χ4v) is 1.83. The first-order valence-corrected chi connectivity index (χ1v) is 7.31. The Morgan fingerprint density at radius 2 is 2.12 bits per heavy atom. The van der Waals surface area contributed by atoms with Gasteiger partial charge in [0.1, 0.15) is 5.69 Å². The summed E-state index contributed by atoms with van der Waals surface area (Å²) in [6.45, 7) is 9.19. The van der Waals surface area contributed by atoms with E-state index in [4.69, 9.17) is 0 Å². The van der Waals surface area contributed by atoms with Crippen molar-refractivity contribution < 1.29 is 4.79 Å². The van der Waals surface area contributed by atoms with Gasteiger partial charge in [0.25, 0.3) is 5.91 Å². The number of nitrogens with zero attached hydrogens (tertiary/aromatic N) is 1. The fourth-order valence-electron chi connectivity index (χ4n) is 1.29. The van der Waals surface area contributed by atoms with E-state index in [1.807, 2.05) is 13.8 Å². The van der Waals surface area contributed by atoms with Crippen LogP contribution < -0.4 is 5.32 Å². The zero-order valence-corrected chi connectivity index (χ0v) is 12.1. The van der Waals surface area contributed by atoms with E-state index >= 15 is 0 Å². The highest BCUT2D eigenvalue weighted by atomic mass is 32.1. The molecule has 0 aliphatic heterocycles. The van der Waals surface area contributed by atoms with Crippen molar-refractivity contribution in [2.24, 2.45) is 5.92 Å². The first kappa shape index (κ1) is 16.1. The molecule has 3 nitrogen and oxygen atoms in total. The number of amides is 1. The van der Waals surface area contributed by atoms with Crippen LogP contribution in [-0.2, 0) is 0 Å². The van der Waals surface area contributed by atoms with Gasteiger partial charge in [-0.15, -0.1) is 11.3 Å². The normalized spacial score (nSPS) is 9.71. The zero-order valence-electron chi connectivity index (χ0n) is 11.3. The lowest BCUT2D eigenvalue weighted by Crippen LogP contribution is -2.24. The van der Waals surface area contributed by atoms with Gasteiger partial charge in [-0.25, -0.2) is 4.98 Å². The third-order valence-corrected chi connectivity index (χ3v) is 2.75. The van der Waals surface area contributed by atoms with Gasteiger partial charge >= 0.3 is 0 Å². The van der Waals surface area contributed by atoms with Gasteiger partial charge in [0.15, 0.2) is 0 Å². The highest BCUT2D eigenvalue weighted by Gasteiger charge is 2.05. The first-order chi connectivity index (χ1) is 8.20. The van der Waals surface area contributed by atoms with E-state index in [0.717, 1.165) is 18.9 Å². The van der Waals surface area contributed by atoms with Gasteiger partial charge in [-0.1, -0.05) is 40.5 Å². The van der Waals surface area contributed by atoms with Crippen molar-refractivity contribution in [1.29, 1.82) is 0 Å². The largest absolute Gasteiger partial charge is 0.351 e. The molecule has 0 spiro atoms. The maximum Gasteiger partial charge on any atom is 0.270 e. The Balaban J connectivity index is 0.00000121. The molecule has 98 valence electrons. The second kappa shape index (κ2) is 10.3. The standard InChI is InChI=1S/C11H18N2OS.C2H6/c1-9(2)5-3-4-6-12-11(14)10-7-15-8-13-10;1-2/h7-9H,3-6H2,1-2H3,(H,12,14);1-2H3. The lowest BCUT2D eigenvalue weighted by Gasteiger charge is -2.05. The topological polar surface area (TPSA) is 42.0 Å². The zero-order chi connectivity index (χ0) is 13.1. The average Bonchev–Trinajstić information content (AvgIpc) is 2.84. The molecule has 1 amide bonds. The van der Waals surface area contributed by atoms with Gasteiger partial charge in [0.05, 0.1) is 5.51 Å². The van der Waals surface area contributed by atoms with E-state index in [0.29, 0.717) is 5.69 Å². The minimum Gasteiger partial charge on any atom is -0.351 e. The van der Waals surface area contributed by atoms with Crippen LogP contribution in [-0.4, -0.2) is 17.4 Å². The Morgan fingerprint density at radius 3 is 2.65 bits per heavy atom. The van der Waals surface area contributed by atoms with Gasteiger partial charge in [0, 0.05) is 11.9 Å². The first-order valence-electron chi connectivity index (χ1n) is 6.36. The number of carbonyl (C=O) groups is 1. The van der Waals surface area contributed by atoms with Gasteiger partial charge in [-0.2, -0.15) is 0 Å². The van der Waals surface area contributed by atoms with Crippen LogP contribution in [0.4, 0.5) is 0 Å². The molecule has 0 aliphatic rings. The summed E-state index contributed by atoms with van der Waals surface area (Å²) in [4.78, 5) is 15.4. The predicted octanol–water partition coefficient (Wildman–Crippen LogP) is 3.73. The molecule has 0 bridgehead atoms. The van der Waals surface area contributed by atoms with Gasteiger partial charge < -0.3 is 5.32 Å². The molecule has 1 rings (SSSR count). The molecular formula is C13H24N2OS. The monoisotopic (exact) mass is 256 g/mol. The van der Waals surface area contributed by atoms with Crippen LogP contribution in [0.3, 0.4) is 0 Å². The Morgan fingerprint density at radius 1 is 1.41 bits per heavy atom. The average molecular weight is 256 g/mol. The maximum atomic E-state index is 11.4. The minimum atomic E-state index is -0.0548. The third-order valence-electron chi connectivity index (χ3n) is 2.16. The smallest absolute Gasteiger partial charge is 0.270 e. The second-order valence-corrected chi connectivity index (χ2v) is 4.74. The highest BCUT2D eigenvalue weighted by molar-refractivity contribution is 7.07. The van der Waals surface area contributed by atoms with Crippen LogP contribution in [0.2, 0.25) is 0 Å². The van der Waals surface area contributed by atoms with Gasteiger partial charge in [-0.3, -0.25) is 4.79 Å². The molecule has 0 fully saturated rings. The number of carbonyl (C=O) groups excluding carboxylic acids is 1. The summed E-state index contributed by atoms with van der Waals surface area (Å²) >= 11 is 1.44. The fraction of sp³-hybridized carbons (Fsp3) is 0.692. The van der Waals surface area contributed by atoms with Crippen molar-refractivity contribution in [2.45, 2.75) is 47.0 Å². The summed E-state index contributed by atoms with van der Waals surface area (Å²) in [6.07, 6.45) is 3.45. The molecule has 0 aliphatic carbocycles. The number of rotatable bonds is 6. The summed E-state index contributed by atoms with van der Waals surface area (Å²) < 4.78 is 0. The molecule has 1 aromatic heterocycles. The van der Waals surface area contributed by atoms with Crippen LogP contribution in [0.5, 0.6) is 0 Å². The molecule has 4 heteroatoms. The van der Waals surface area contributed by atoms with Crippen LogP contribution in [0.25, 0.3) is 0 Å². The van der Waals surface area contributed by atoms with E-state index in [9.17, 15) is 4.79 Å². The van der Waals surface area contributed by atoms with Crippen LogP contribution in [0.15, 0.2) is 10.9 Å². The van der Waals surface area contributed by atoms with Crippen molar-refractivity contribution in [3.05, 3.63) is 16.6 Å². The molecule has 1 aromatic rings. The summed E-state index contributed by atoms with van der Waals surface area (Å²) in [5.41, 5.74) is 2.21. The molecule has 17 heavy (non-hydrogen) atoms. The Kier molecular flexibility index (Phi) is 9.72. The highest BCUT2D eigenvalue weighted by Crippen LogP contribution is 2.05. The number of unbranched alkanes of at least 4 members (excludes halogenated alkanes) is 1. The minimum absolute atomic E-state index is 0.0548. The molecule has 0 radical (unpaired) electrons. The quantitative estimate of drug-likeness (QED) is 0.788. The Labute approximate surface area is 109 Å². The number of hydrogen-bond acceptors (Lipinski definition) is 3. The van der Waals surface area contributed by atoms with Crippen molar-refractivity contribution in [3.63, 3.8) is 0 Å². The lowest BCUT2D eigenvalue weighted by atomic mass is 10.1. The molecule has 0 saturated heterocycles. The lowest BCUT2D eigenvalue weighted by molar-refractivity contribution is 0.0948. The van der Waals surface area contributed by atoms with Crippen molar-refractivity contribution >= 4 is 17.2 Å². The van der Waals surface area contributed by atoms with Crippen molar-refractivity contribution in [3.8, 4) is 0 Å². The molecule has 1 N–H and O–H groups in total. The van der Waals surface area contributed by atoms with Crippen LogP contribution in [0.1, 0.15) is 57.4 Å². The number of aromatic nitrogens is 1. The summed E-state index contributed by atoms with van der Waals surface area (Å²) in [7, 11) is 0. The van der Waals surface area contributed by atoms with Crippen LogP contribution >= 0.6 is 11.3 Å². The van der Waals surface area contributed by atoms with Crippen molar-refractivity contribution in [1.82, 2.24) is 10.3 Å². The molecular weight excluding hydrogens is 232 g/mol. The van der Waals surface area contributed by atoms with Gasteiger partial charge in [-0.05, 0) is 12.3 Å². The van der Waals surface area contributed by atoms with Crippen LogP contribution in [0, 0.1) is 5.92 Å². The van der Waals surface area contributed by atoms with E-state index in [1.54, 1.807) is 10.9 Å². The SMILES string of the molecule is CC.CC(C)CCCCNC(=O)c1cscn1. The maximum absolute atomic E-state index is 11.4. The molecule has 0 aromatic carbocycles. The third kappa shape index (κ3) is 7.91. The van der Waals surface area contributed by atoms with E-state index in [1.165, 1.54) is 24.2 Å². The van der Waals surface area contributed by atoms with Crippen molar-refractivity contribution in [2.75, 3.05) is 6.54 Å². The van der Waals surface area contributed by atoms with E-state index in [-0.39, 0.29) is 5.91 Å². The molecule has 0 saturated carbocycles. The Hall–Kier alpha value is -0.900. The predicted molar refractivity (Wildman–Crippen MR) is 74.5 cm³/mol. The number of hydrogen-bond donors (Lipinski definition) is 1. The second-order valence-electron chi connectivity index (χ2n) is 4.02. The summed E-state index contributed by atoms with van der Waals surface area (Å²) in [5.74, 6) is 0.694. The summed E-state index contributed by atoms with van der Waals surface area (Å²) in [5, 5.41) is 4.63. The molecule has 0 atom stereocenters. The molecule has 0 unspecified atom stereocenters. The molecule has 1 heterocycles. The van der Waals surface area contributed by atoms with E-state index in [2.05, 4.69) is 24.1 Å². The number of nitrogens with one attached hydrogen (secondary N) is 1.